The van der Waals surface area contributed by atoms with Crippen LogP contribution in [0, 0.1) is 5.41 Å². The Hall–Kier alpha value is -1.06. The van der Waals surface area contributed by atoms with E-state index in [2.05, 4.69) is 26.1 Å². The molecular formula is C12H22N2O2. The number of hydrogen-bond donors (Lipinski definition) is 1. The molecule has 0 radical (unpaired) electrons. The number of urea groups is 1. The molecule has 1 rings (SSSR count). The molecule has 0 spiro atoms. The zero-order valence-corrected chi connectivity index (χ0v) is 10.9. The molecule has 0 bridgehead atoms. The average molecular weight is 226 g/mol. The third-order valence-electron chi connectivity index (χ3n) is 3.32. The summed E-state index contributed by atoms with van der Waals surface area (Å²) in [4.78, 5) is 25.0. The lowest BCUT2D eigenvalue weighted by Gasteiger charge is -2.32. The van der Waals surface area contributed by atoms with E-state index < -0.39 is 5.54 Å². The maximum absolute atomic E-state index is 11.7. The van der Waals surface area contributed by atoms with Gasteiger partial charge in [0.1, 0.15) is 5.54 Å². The number of nitrogens with one attached hydrogen (secondary N) is 1. The zero-order chi connectivity index (χ0) is 12.6. The Morgan fingerprint density at radius 1 is 1.31 bits per heavy atom. The van der Waals surface area contributed by atoms with Crippen LogP contribution in [0.1, 0.15) is 47.5 Å². The topological polar surface area (TPSA) is 49.4 Å². The van der Waals surface area contributed by atoms with Crippen LogP contribution in [-0.4, -0.2) is 28.9 Å². The first kappa shape index (κ1) is 13.0. The van der Waals surface area contributed by atoms with E-state index in [0.717, 1.165) is 6.42 Å². The standard InChI is InChI=1S/C12H22N2O2/c1-6-12(5)9(15)13-10(16)14(12)8-7-11(2,3)4/h6-8H2,1-5H3,(H,13,15,16). The molecule has 4 heteroatoms. The second-order valence-corrected chi connectivity index (χ2v) is 5.85. The predicted octanol–water partition coefficient (Wildman–Crippen LogP) is 2.14. The minimum atomic E-state index is -0.664. The van der Waals surface area contributed by atoms with E-state index in [-0.39, 0.29) is 17.4 Å². The molecule has 1 aliphatic heterocycles. The normalized spacial score (nSPS) is 26.2. The zero-order valence-electron chi connectivity index (χ0n) is 10.9. The van der Waals surface area contributed by atoms with Gasteiger partial charge in [-0.3, -0.25) is 10.1 Å². The van der Waals surface area contributed by atoms with Crippen LogP contribution in [0.2, 0.25) is 0 Å². The number of rotatable bonds is 3. The van der Waals surface area contributed by atoms with Crippen molar-refractivity contribution in [2.75, 3.05) is 6.54 Å². The maximum atomic E-state index is 11.7. The second-order valence-electron chi connectivity index (χ2n) is 5.85. The van der Waals surface area contributed by atoms with Crippen molar-refractivity contribution >= 4 is 11.9 Å². The van der Waals surface area contributed by atoms with Crippen molar-refractivity contribution in [3.05, 3.63) is 0 Å². The molecule has 1 heterocycles. The summed E-state index contributed by atoms with van der Waals surface area (Å²) in [6.07, 6.45) is 1.54. The molecule has 1 atom stereocenters. The van der Waals surface area contributed by atoms with Crippen molar-refractivity contribution < 1.29 is 9.59 Å². The molecule has 92 valence electrons. The number of carbonyl (C=O) groups excluding carboxylic acids is 2. The lowest BCUT2D eigenvalue weighted by atomic mass is 9.90. The Morgan fingerprint density at radius 2 is 1.88 bits per heavy atom. The summed E-state index contributed by atoms with van der Waals surface area (Å²) < 4.78 is 0. The summed E-state index contributed by atoms with van der Waals surface area (Å²) >= 11 is 0. The SMILES string of the molecule is CCC1(C)C(=O)NC(=O)N1CCC(C)(C)C. The lowest BCUT2D eigenvalue weighted by Crippen LogP contribution is -2.47. The summed E-state index contributed by atoms with van der Waals surface area (Å²) in [6, 6.07) is -0.251. The molecule has 3 amide bonds. The number of nitrogens with zero attached hydrogens (tertiary/aromatic N) is 1. The van der Waals surface area contributed by atoms with Gasteiger partial charge in [-0.15, -0.1) is 0 Å². The van der Waals surface area contributed by atoms with Crippen LogP contribution >= 0.6 is 0 Å². The van der Waals surface area contributed by atoms with Crippen LogP contribution in [0.15, 0.2) is 0 Å². The minimum absolute atomic E-state index is 0.167. The van der Waals surface area contributed by atoms with E-state index in [1.165, 1.54) is 0 Å². The summed E-state index contributed by atoms with van der Waals surface area (Å²) in [5.41, 5.74) is -0.497. The number of amides is 3. The maximum Gasteiger partial charge on any atom is 0.325 e. The van der Waals surface area contributed by atoms with Crippen molar-refractivity contribution in [1.82, 2.24) is 10.2 Å². The van der Waals surface area contributed by atoms with E-state index in [4.69, 9.17) is 0 Å². The fraction of sp³-hybridized carbons (Fsp3) is 0.833. The van der Waals surface area contributed by atoms with Gasteiger partial charge in [-0.2, -0.15) is 0 Å². The largest absolute Gasteiger partial charge is 0.325 e. The summed E-state index contributed by atoms with van der Waals surface area (Å²) in [5.74, 6) is -0.172. The van der Waals surface area contributed by atoms with E-state index in [1.54, 1.807) is 4.90 Å². The van der Waals surface area contributed by atoms with Gasteiger partial charge in [-0.25, -0.2) is 4.79 Å². The highest BCUT2D eigenvalue weighted by atomic mass is 16.2. The van der Waals surface area contributed by atoms with Crippen molar-refractivity contribution in [3.8, 4) is 0 Å². The fourth-order valence-electron chi connectivity index (χ4n) is 1.79. The van der Waals surface area contributed by atoms with Gasteiger partial charge < -0.3 is 4.90 Å². The molecule has 0 aliphatic carbocycles. The van der Waals surface area contributed by atoms with Gasteiger partial charge in [-0.1, -0.05) is 27.7 Å². The van der Waals surface area contributed by atoms with E-state index in [1.807, 2.05) is 13.8 Å². The first-order valence-corrected chi connectivity index (χ1v) is 5.84. The average Bonchev–Trinajstić information content (AvgIpc) is 2.35. The van der Waals surface area contributed by atoms with Gasteiger partial charge in [0, 0.05) is 6.54 Å². The summed E-state index contributed by atoms with van der Waals surface area (Å²) in [6.45, 7) is 10.8. The first-order chi connectivity index (χ1) is 7.20. The quantitative estimate of drug-likeness (QED) is 0.749. The van der Waals surface area contributed by atoms with Gasteiger partial charge >= 0.3 is 6.03 Å². The number of carbonyl (C=O) groups is 2. The molecular weight excluding hydrogens is 204 g/mol. The Morgan fingerprint density at radius 3 is 2.31 bits per heavy atom. The van der Waals surface area contributed by atoms with E-state index in [0.29, 0.717) is 13.0 Å². The summed E-state index contributed by atoms with van der Waals surface area (Å²) in [5, 5.41) is 2.39. The third-order valence-corrected chi connectivity index (χ3v) is 3.32. The Labute approximate surface area is 97.4 Å². The highest BCUT2D eigenvalue weighted by Gasteiger charge is 2.47. The predicted molar refractivity (Wildman–Crippen MR) is 63.0 cm³/mol. The van der Waals surface area contributed by atoms with Crippen molar-refractivity contribution in [3.63, 3.8) is 0 Å². The van der Waals surface area contributed by atoms with Crippen LogP contribution in [-0.2, 0) is 4.79 Å². The molecule has 0 aromatic heterocycles. The monoisotopic (exact) mass is 226 g/mol. The van der Waals surface area contributed by atoms with E-state index >= 15 is 0 Å². The van der Waals surface area contributed by atoms with Crippen molar-refractivity contribution in [2.45, 2.75) is 53.0 Å². The highest BCUT2D eigenvalue weighted by Crippen LogP contribution is 2.28. The van der Waals surface area contributed by atoms with Gasteiger partial charge in [0.25, 0.3) is 5.91 Å². The second kappa shape index (κ2) is 4.07. The third kappa shape index (κ3) is 2.36. The molecule has 16 heavy (non-hydrogen) atoms. The molecule has 1 aliphatic rings. The summed E-state index contributed by atoms with van der Waals surface area (Å²) in [7, 11) is 0. The van der Waals surface area contributed by atoms with Crippen molar-refractivity contribution in [2.24, 2.45) is 5.41 Å². The van der Waals surface area contributed by atoms with Crippen LogP contribution in [0.25, 0.3) is 0 Å². The molecule has 0 saturated carbocycles. The minimum Gasteiger partial charge on any atom is -0.310 e. The van der Waals surface area contributed by atoms with Crippen LogP contribution in [0.4, 0.5) is 4.79 Å². The lowest BCUT2D eigenvalue weighted by molar-refractivity contribution is -0.126. The smallest absolute Gasteiger partial charge is 0.310 e. The Balaban J connectivity index is 2.77. The fourth-order valence-corrected chi connectivity index (χ4v) is 1.79. The van der Waals surface area contributed by atoms with Gasteiger partial charge in [0.15, 0.2) is 0 Å². The van der Waals surface area contributed by atoms with Crippen molar-refractivity contribution in [1.29, 1.82) is 0 Å². The van der Waals surface area contributed by atoms with Gasteiger partial charge in [0.2, 0.25) is 0 Å². The van der Waals surface area contributed by atoms with Crippen LogP contribution in [0.5, 0.6) is 0 Å². The van der Waals surface area contributed by atoms with Gasteiger partial charge in [0.05, 0.1) is 0 Å². The Kier molecular flexibility index (Phi) is 3.31. The number of hydrogen-bond acceptors (Lipinski definition) is 2. The molecule has 1 fully saturated rings. The molecule has 1 unspecified atom stereocenters. The molecule has 0 aromatic rings. The van der Waals surface area contributed by atoms with E-state index in [9.17, 15) is 9.59 Å². The van der Waals surface area contributed by atoms with Crippen LogP contribution < -0.4 is 5.32 Å². The first-order valence-electron chi connectivity index (χ1n) is 5.84. The van der Waals surface area contributed by atoms with Gasteiger partial charge in [-0.05, 0) is 25.2 Å². The highest BCUT2D eigenvalue weighted by molar-refractivity contribution is 6.06. The Bertz CT molecular complexity index is 307. The molecule has 4 nitrogen and oxygen atoms in total. The molecule has 1 saturated heterocycles. The van der Waals surface area contributed by atoms with Crippen LogP contribution in [0.3, 0.4) is 0 Å². The molecule has 0 aromatic carbocycles. The molecule has 1 N–H and O–H groups in total. The number of imide groups is 1.